The number of rotatable bonds is 8. The molecule has 0 heterocycles. The van der Waals surface area contributed by atoms with Crippen LogP contribution in [0.25, 0.3) is 0 Å². The molecule has 100 valence electrons. The zero-order valence-corrected chi connectivity index (χ0v) is 12.1. The first-order valence-corrected chi connectivity index (χ1v) is 7.85. The molecule has 4 heteroatoms. The molecule has 0 atom stereocenters. The van der Waals surface area contributed by atoms with Gasteiger partial charge in [-0.25, -0.2) is 0 Å². The Morgan fingerprint density at radius 2 is 2.00 bits per heavy atom. The van der Waals surface area contributed by atoms with Crippen molar-refractivity contribution in [2.75, 3.05) is 25.1 Å². The van der Waals surface area contributed by atoms with Crippen LogP contribution in [0.15, 0.2) is 0 Å². The molecule has 0 unspecified atom stereocenters. The molecule has 0 aromatic carbocycles. The van der Waals surface area contributed by atoms with Gasteiger partial charge in [0.1, 0.15) is 0 Å². The van der Waals surface area contributed by atoms with Gasteiger partial charge in [-0.2, -0.15) is 0 Å². The minimum absolute atomic E-state index is 0.179. The second-order valence-electron chi connectivity index (χ2n) is 4.69. The largest absolute Gasteiger partial charge is 0.379 e. The Morgan fingerprint density at radius 3 is 2.71 bits per heavy atom. The first kappa shape index (κ1) is 15.0. The van der Waals surface area contributed by atoms with E-state index < -0.39 is 0 Å². The fourth-order valence-electron chi connectivity index (χ4n) is 2.32. The van der Waals surface area contributed by atoms with Gasteiger partial charge in [-0.3, -0.25) is 4.79 Å². The molecule has 0 radical (unpaired) electrons. The Labute approximate surface area is 113 Å². The molecule has 1 aliphatic rings. The number of amides is 1. The molecule has 1 amide bonds. The summed E-state index contributed by atoms with van der Waals surface area (Å²) in [6, 6.07) is 0. The first-order valence-electron chi connectivity index (χ1n) is 6.73. The van der Waals surface area contributed by atoms with Crippen molar-refractivity contribution in [1.29, 1.82) is 0 Å². The van der Waals surface area contributed by atoms with Gasteiger partial charge in [-0.1, -0.05) is 48.0 Å². The molecule has 0 aliphatic heterocycles. The van der Waals surface area contributed by atoms with Gasteiger partial charge >= 0.3 is 0 Å². The predicted molar refractivity (Wildman–Crippen MR) is 73.4 cm³/mol. The molecule has 1 saturated carbocycles. The van der Waals surface area contributed by atoms with Crippen molar-refractivity contribution in [2.24, 2.45) is 5.92 Å². The Kier molecular flexibility index (Phi) is 8.71. The number of halogens is 1. The number of ether oxygens (including phenoxy) is 1. The number of nitrogens with one attached hydrogen (secondary N) is 1. The summed E-state index contributed by atoms with van der Waals surface area (Å²) in [4.78, 5) is 11.5. The monoisotopic (exact) mass is 305 g/mol. The third-order valence-electron chi connectivity index (χ3n) is 3.29. The van der Waals surface area contributed by atoms with Crippen molar-refractivity contribution in [3.63, 3.8) is 0 Å². The summed E-state index contributed by atoms with van der Waals surface area (Å²) >= 11 is 3.29. The lowest BCUT2D eigenvalue weighted by Crippen LogP contribution is -2.27. The molecular weight excluding hydrogens is 282 g/mol. The molecule has 0 spiro atoms. The van der Waals surface area contributed by atoms with Crippen molar-refractivity contribution in [3.8, 4) is 0 Å². The zero-order chi connectivity index (χ0) is 12.3. The summed E-state index contributed by atoms with van der Waals surface area (Å²) in [5.41, 5.74) is 0. The van der Waals surface area contributed by atoms with Crippen LogP contribution >= 0.6 is 15.9 Å². The van der Waals surface area contributed by atoms with E-state index in [1.807, 2.05) is 0 Å². The van der Waals surface area contributed by atoms with Crippen molar-refractivity contribution < 1.29 is 9.53 Å². The number of hydrogen-bond donors (Lipinski definition) is 1. The summed E-state index contributed by atoms with van der Waals surface area (Å²) < 4.78 is 5.27. The van der Waals surface area contributed by atoms with Crippen LogP contribution in [0.1, 0.15) is 44.9 Å². The number of alkyl halides is 1. The van der Waals surface area contributed by atoms with Crippen molar-refractivity contribution in [2.45, 2.75) is 44.9 Å². The molecule has 0 saturated heterocycles. The second-order valence-corrected chi connectivity index (χ2v) is 5.49. The zero-order valence-electron chi connectivity index (χ0n) is 10.5. The lowest BCUT2D eigenvalue weighted by Gasteiger charge is -2.20. The SMILES string of the molecule is O=C(CCC1CCCCC1)NCCOCCBr. The molecule has 17 heavy (non-hydrogen) atoms. The minimum atomic E-state index is 0.179. The van der Waals surface area contributed by atoms with Crippen molar-refractivity contribution in [3.05, 3.63) is 0 Å². The molecule has 1 N–H and O–H groups in total. The van der Waals surface area contributed by atoms with E-state index in [1.165, 1.54) is 32.1 Å². The molecule has 1 aliphatic carbocycles. The van der Waals surface area contributed by atoms with Crippen LogP contribution in [0.2, 0.25) is 0 Å². The maximum atomic E-state index is 11.5. The van der Waals surface area contributed by atoms with Gasteiger partial charge in [0.2, 0.25) is 5.91 Å². The van der Waals surface area contributed by atoms with Gasteiger partial charge in [-0.05, 0) is 12.3 Å². The Balaban J connectivity index is 1.93. The van der Waals surface area contributed by atoms with E-state index in [0.29, 0.717) is 26.2 Å². The van der Waals surface area contributed by atoms with E-state index in [-0.39, 0.29) is 5.91 Å². The van der Waals surface area contributed by atoms with Gasteiger partial charge in [0.25, 0.3) is 0 Å². The van der Waals surface area contributed by atoms with E-state index in [1.54, 1.807) is 0 Å². The Bertz CT molecular complexity index is 206. The van der Waals surface area contributed by atoms with E-state index >= 15 is 0 Å². The Morgan fingerprint density at radius 1 is 1.24 bits per heavy atom. The van der Waals surface area contributed by atoms with Crippen LogP contribution < -0.4 is 5.32 Å². The number of hydrogen-bond acceptors (Lipinski definition) is 2. The normalized spacial score (nSPS) is 17.0. The highest BCUT2D eigenvalue weighted by Crippen LogP contribution is 2.27. The van der Waals surface area contributed by atoms with Gasteiger partial charge in [0.15, 0.2) is 0 Å². The van der Waals surface area contributed by atoms with Crippen molar-refractivity contribution >= 4 is 21.8 Å². The lowest BCUT2D eigenvalue weighted by atomic mass is 9.86. The summed E-state index contributed by atoms with van der Waals surface area (Å²) in [6.07, 6.45) is 8.48. The molecule has 0 aromatic rings. The van der Waals surface area contributed by atoms with Gasteiger partial charge in [-0.15, -0.1) is 0 Å². The molecular formula is C13H24BrNO2. The van der Waals surface area contributed by atoms with Crippen LogP contribution in [0.4, 0.5) is 0 Å². The molecule has 0 bridgehead atoms. The topological polar surface area (TPSA) is 38.3 Å². The number of carbonyl (C=O) groups is 1. The van der Waals surface area contributed by atoms with Crippen molar-refractivity contribution in [1.82, 2.24) is 5.32 Å². The first-order chi connectivity index (χ1) is 8.33. The lowest BCUT2D eigenvalue weighted by molar-refractivity contribution is -0.121. The maximum absolute atomic E-state index is 11.5. The highest BCUT2D eigenvalue weighted by molar-refractivity contribution is 9.09. The Hall–Kier alpha value is -0.0900. The highest BCUT2D eigenvalue weighted by Gasteiger charge is 2.14. The average Bonchev–Trinajstić information content (AvgIpc) is 2.37. The fourth-order valence-corrected chi connectivity index (χ4v) is 2.55. The predicted octanol–water partition coefficient (Wildman–Crippen LogP) is 2.87. The third-order valence-corrected chi connectivity index (χ3v) is 3.62. The van der Waals surface area contributed by atoms with Crippen LogP contribution in [-0.2, 0) is 9.53 Å². The smallest absolute Gasteiger partial charge is 0.220 e. The molecule has 1 fully saturated rings. The van der Waals surface area contributed by atoms with Gasteiger partial charge in [0, 0.05) is 18.3 Å². The summed E-state index contributed by atoms with van der Waals surface area (Å²) in [5.74, 6) is 0.970. The van der Waals surface area contributed by atoms with E-state index in [9.17, 15) is 4.79 Å². The van der Waals surface area contributed by atoms with Crippen LogP contribution in [0, 0.1) is 5.92 Å². The third kappa shape index (κ3) is 7.77. The fraction of sp³-hybridized carbons (Fsp3) is 0.923. The van der Waals surface area contributed by atoms with Gasteiger partial charge < -0.3 is 10.1 Å². The quantitative estimate of drug-likeness (QED) is 0.553. The minimum Gasteiger partial charge on any atom is -0.379 e. The van der Waals surface area contributed by atoms with Gasteiger partial charge in [0.05, 0.1) is 13.2 Å². The highest BCUT2D eigenvalue weighted by atomic mass is 79.9. The maximum Gasteiger partial charge on any atom is 0.220 e. The van der Waals surface area contributed by atoms with Crippen LogP contribution in [-0.4, -0.2) is 31.0 Å². The summed E-state index contributed by atoms with van der Waals surface area (Å²) in [6.45, 7) is 1.95. The average molecular weight is 306 g/mol. The number of carbonyl (C=O) groups excluding carboxylic acids is 1. The van der Waals surface area contributed by atoms with E-state index in [4.69, 9.17) is 4.74 Å². The summed E-state index contributed by atoms with van der Waals surface area (Å²) in [7, 11) is 0. The van der Waals surface area contributed by atoms with Crippen LogP contribution in [0.3, 0.4) is 0 Å². The summed E-state index contributed by atoms with van der Waals surface area (Å²) in [5, 5.41) is 3.75. The van der Waals surface area contributed by atoms with Crippen LogP contribution in [0.5, 0.6) is 0 Å². The van der Waals surface area contributed by atoms with E-state index in [2.05, 4.69) is 21.2 Å². The standard InChI is InChI=1S/C13H24BrNO2/c14-8-10-17-11-9-15-13(16)7-6-12-4-2-1-3-5-12/h12H,1-11H2,(H,15,16). The van der Waals surface area contributed by atoms with E-state index in [0.717, 1.165) is 17.7 Å². The second kappa shape index (κ2) is 9.89. The molecule has 3 nitrogen and oxygen atoms in total. The molecule has 0 aromatic heterocycles. The molecule has 1 rings (SSSR count).